The number of hydrogen-bond donors (Lipinski definition) is 1. The van der Waals surface area contributed by atoms with Crippen LogP contribution < -0.4 is 5.32 Å². The molecule has 1 saturated heterocycles. The zero-order valence-electron chi connectivity index (χ0n) is 13.9. The van der Waals surface area contributed by atoms with Gasteiger partial charge in [0.15, 0.2) is 0 Å². The second-order valence-corrected chi connectivity index (χ2v) is 6.46. The number of piperidine rings is 1. The van der Waals surface area contributed by atoms with Crippen molar-refractivity contribution in [3.05, 3.63) is 35.6 Å². The number of carbonyl (C=O) groups excluding carboxylic acids is 1. The maximum atomic E-state index is 13.0. The molecule has 0 bridgehead atoms. The lowest BCUT2D eigenvalue weighted by Crippen LogP contribution is -2.48. The van der Waals surface area contributed by atoms with Gasteiger partial charge < -0.3 is 14.9 Å². The van der Waals surface area contributed by atoms with E-state index < -0.39 is 5.41 Å². The molecule has 1 N–H and O–H groups in total. The first-order valence-electron chi connectivity index (χ1n) is 8.49. The van der Waals surface area contributed by atoms with E-state index in [1.54, 1.807) is 12.1 Å². The third-order valence-corrected chi connectivity index (χ3v) is 4.71. The maximum Gasteiger partial charge on any atom is 0.313 e. The second kappa shape index (κ2) is 7.30. The van der Waals surface area contributed by atoms with Gasteiger partial charge in [-0.15, -0.1) is 0 Å². The summed E-state index contributed by atoms with van der Waals surface area (Å²) < 4.78 is 18.3. The summed E-state index contributed by atoms with van der Waals surface area (Å²) in [6.07, 6.45) is 2.77. The largest absolute Gasteiger partial charge is 0.466 e. The van der Waals surface area contributed by atoms with Crippen LogP contribution >= 0.6 is 0 Å². The minimum absolute atomic E-state index is 0.156. The van der Waals surface area contributed by atoms with Crippen LogP contribution in [0.4, 0.5) is 4.39 Å². The van der Waals surface area contributed by atoms with Gasteiger partial charge in [0.1, 0.15) is 11.9 Å². The van der Waals surface area contributed by atoms with Crippen molar-refractivity contribution < 1.29 is 18.8 Å². The summed E-state index contributed by atoms with van der Waals surface area (Å²) in [5.74, 6) is -0.430. The van der Waals surface area contributed by atoms with E-state index in [9.17, 15) is 9.18 Å². The Morgan fingerprint density at radius 2 is 2.25 bits per heavy atom. The van der Waals surface area contributed by atoms with Crippen LogP contribution in [0.5, 0.6) is 0 Å². The highest BCUT2D eigenvalue weighted by Crippen LogP contribution is 2.36. The number of rotatable bonds is 5. The fourth-order valence-corrected chi connectivity index (χ4v) is 3.47. The summed E-state index contributed by atoms with van der Waals surface area (Å²) in [6, 6.07) is 6.22. The molecule has 0 spiro atoms. The number of benzene rings is 1. The van der Waals surface area contributed by atoms with E-state index in [0.29, 0.717) is 26.0 Å². The highest BCUT2D eigenvalue weighted by atomic mass is 19.1. The predicted molar refractivity (Wildman–Crippen MR) is 88.2 cm³/mol. The Hall–Kier alpha value is -1.95. The van der Waals surface area contributed by atoms with Gasteiger partial charge in [0.2, 0.25) is 0 Å². The number of oxime groups is 1. The van der Waals surface area contributed by atoms with Gasteiger partial charge in [-0.25, -0.2) is 4.39 Å². The summed E-state index contributed by atoms with van der Waals surface area (Å²) in [5.41, 5.74) is 1.10. The number of esters is 1. The van der Waals surface area contributed by atoms with Crippen molar-refractivity contribution in [2.75, 3.05) is 19.7 Å². The van der Waals surface area contributed by atoms with Crippen LogP contribution in [-0.2, 0) is 14.4 Å². The average molecular weight is 334 g/mol. The molecule has 6 heteroatoms. The average Bonchev–Trinajstić information content (AvgIpc) is 3.05. The predicted octanol–water partition coefficient (Wildman–Crippen LogP) is 2.64. The van der Waals surface area contributed by atoms with Crippen LogP contribution in [0.25, 0.3) is 0 Å². The Morgan fingerprint density at radius 3 is 2.92 bits per heavy atom. The molecule has 0 aliphatic carbocycles. The molecular weight excluding hydrogens is 311 g/mol. The van der Waals surface area contributed by atoms with E-state index in [-0.39, 0.29) is 17.9 Å². The van der Waals surface area contributed by atoms with Crippen LogP contribution in [0.2, 0.25) is 0 Å². The second-order valence-electron chi connectivity index (χ2n) is 6.46. The Morgan fingerprint density at radius 1 is 1.46 bits per heavy atom. The molecule has 2 aliphatic rings. The van der Waals surface area contributed by atoms with Crippen molar-refractivity contribution in [2.45, 2.75) is 38.7 Å². The minimum atomic E-state index is -0.549. The Kier molecular flexibility index (Phi) is 5.14. The number of hydrogen-bond acceptors (Lipinski definition) is 5. The molecule has 2 heterocycles. The minimum Gasteiger partial charge on any atom is -0.466 e. The van der Waals surface area contributed by atoms with Gasteiger partial charge in [-0.3, -0.25) is 4.79 Å². The zero-order chi connectivity index (χ0) is 17.0. The maximum absolute atomic E-state index is 13.0. The van der Waals surface area contributed by atoms with Crippen LogP contribution in [0, 0.1) is 11.2 Å². The lowest BCUT2D eigenvalue weighted by Gasteiger charge is -2.36. The van der Waals surface area contributed by atoms with E-state index in [4.69, 9.17) is 9.57 Å². The van der Waals surface area contributed by atoms with Crippen molar-refractivity contribution in [1.29, 1.82) is 0 Å². The standard InChI is InChI=1S/C18H23FN2O3/c1-2-23-17(22)18(8-3-9-20-12-18)11-15-10-16(21-24-15)13-4-6-14(19)7-5-13/h4-7,15,20H,2-3,8-12H2,1H3/t15-,18+/m1/s1. The number of halogens is 1. The molecule has 2 atom stereocenters. The molecule has 3 rings (SSSR count). The van der Waals surface area contributed by atoms with Crippen LogP contribution in [0.1, 0.15) is 38.2 Å². The molecule has 1 aromatic carbocycles. The molecular formula is C18H23FN2O3. The Labute approximate surface area is 141 Å². The van der Waals surface area contributed by atoms with E-state index in [2.05, 4.69) is 10.5 Å². The fourth-order valence-electron chi connectivity index (χ4n) is 3.47. The number of carbonyl (C=O) groups is 1. The van der Waals surface area contributed by atoms with Gasteiger partial charge in [-0.2, -0.15) is 0 Å². The summed E-state index contributed by atoms with van der Waals surface area (Å²) in [4.78, 5) is 18.1. The molecule has 0 saturated carbocycles. The van der Waals surface area contributed by atoms with Gasteiger partial charge in [-0.05, 0) is 44.0 Å². The molecule has 130 valence electrons. The van der Waals surface area contributed by atoms with Crippen molar-refractivity contribution in [3.63, 3.8) is 0 Å². The molecule has 1 fully saturated rings. The van der Waals surface area contributed by atoms with Crippen LogP contribution in [0.3, 0.4) is 0 Å². The lowest BCUT2D eigenvalue weighted by atomic mass is 9.75. The number of nitrogens with one attached hydrogen (secondary N) is 1. The number of ether oxygens (including phenoxy) is 1. The van der Waals surface area contributed by atoms with Gasteiger partial charge in [0.25, 0.3) is 0 Å². The van der Waals surface area contributed by atoms with Crippen LogP contribution in [-0.4, -0.2) is 37.5 Å². The summed E-state index contributed by atoms with van der Waals surface area (Å²) in [6.45, 7) is 3.73. The highest BCUT2D eigenvalue weighted by molar-refractivity contribution is 6.01. The molecule has 0 aromatic heterocycles. The highest BCUT2D eigenvalue weighted by Gasteiger charge is 2.44. The van der Waals surface area contributed by atoms with Gasteiger partial charge >= 0.3 is 5.97 Å². The normalized spacial score (nSPS) is 26.6. The zero-order valence-corrected chi connectivity index (χ0v) is 13.9. The molecule has 2 aliphatic heterocycles. The summed E-state index contributed by atoms with van der Waals surface area (Å²) in [7, 11) is 0. The third-order valence-electron chi connectivity index (χ3n) is 4.71. The lowest BCUT2D eigenvalue weighted by molar-refractivity contribution is -0.159. The quantitative estimate of drug-likeness (QED) is 0.841. The Balaban J connectivity index is 1.66. The van der Waals surface area contributed by atoms with E-state index >= 15 is 0 Å². The molecule has 0 radical (unpaired) electrons. The SMILES string of the molecule is CCOC(=O)[C@]1(C[C@H]2CC(c3ccc(F)cc3)=NO2)CCCNC1. The topological polar surface area (TPSA) is 59.9 Å². The molecule has 5 nitrogen and oxygen atoms in total. The van der Waals surface area contributed by atoms with E-state index in [1.165, 1.54) is 12.1 Å². The third kappa shape index (κ3) is 3.59. The first kappa shape index (κ1) is 16.9. The summed E-state index contributed by atoms with van der Waals surface area (Å²) in [5, 5.41) is 7.44. The molecule has 0 unspecified atom stereocenters. The van der Waals surface area contributed by atoms with Gasteiger partial charge in [0, 0.05) is 19.4 Å². The first-order chi connectivity index (χ1) is 11.6. The molecule has 1 aromatic rings. The monoisotopic (exact) mass is 334 g/mol. The first-order valence-corrected chi connectivity index (χ1v) is 8.49. The van der Waals surface area contributed by atoms with Gasteiger partial charge in [0.05, 0.1) is 17.7 Å². The molecule has 0 amide bonds. The molecule has 24 heavy (non-hydrogen) atoms. The van der Waals surface area contributed by atoms with E-state index in [0.717, 1.165) is 30.7 Å². The van der Waals surface area contributed by atoms with E-state index in [1.807, 2.05) is 6.92 Å². The van der Waals surface area contributed by atoms with Gasteiger partial charge in [-0.1, -0.05) is 17.3 Å². The fraction of sp³-hybridized carbons (Fsp3) is 0.556. The summed E-state index contributed by atoms with van der Waals surface area (Å²) >= 11 is 0. The van der Waals surface area contributed by atoms with Crippen LogP contribution in [0.15, 0.2) is 29.4 Å². The Bertz CT molecular complexity index is 609. The van der Waals surface area contributed by atoms with Crippen molar-refractivity contribution >= 4 is 11.7 Å². The smallest absolute Gasteiger partial charge is 0.313 e. The number of nitrogens with zero attached hydrogens (tertiary/aromatic N) is 1. The van der Waals surface area contributed by atoms with Crippen molar-refractivity contribution in [1.82, 2.24) is 5.32 Å². The van der Waals surface area contributed by atoms with Crippen molar-refractivity contribution in [3.8, 4) is 0 Å². The van der Waals surface area contributed by atoms with Crippen molar-refractivity contribution in [2.24, 2.45) is 10.6 Å².